The Kier molecular flexibility index (Phi) is 7.47. The SMILES string of the molecule is O=C(Cn1c2ccccc2c(=O)c2ccccc21)C(O[C@H](c1ccccc1)c1ccc(Cl)cc1)c1ccccc1F. The number of halogens is 2. The lowest BCUT2D eigenvalue weighted by atomic mass is 9.99. The molecule has 0 radical (unpaired) electrons. The van der Waals surface area contributed by atoms with Gasteiger partial charge in [-0.3, -0.25) is 9.59 Å². The molecular weight excluding hydrogens is 537 g/mol. The van der Waals surface area contributed by atoms with E-state index in [1.165, 1.54) is 6.07 Å². The Morgan fingerprint density at radius 3 is 1.88 bits per heavy atom. The third-order valence-electron chi connectivity index (χ3n) is 7.22. The minimum atomic E-state index is -1.24. The van der Waals surface area contributed by atoms with Gasteiger partial charge < -0.3 is 9.30 Å². The highest BCUT2D eigenvalue weighted by Crippen LogP contribution is 2.35. The van der Waals surface area contributed by atoms with Crippen molar-refractivity contribution >= 4 is 39.2 Å². The number of hydrogen-bond donors (Lipinski definition) is 0. The highest BCUT2D eigenvalue weighted by molar-refractivity contribution is 6.30. The molecule has 0 N–H and O–H groups in total. The summed E-state index contributed by atoms with van der Waals surface area (Å²) >= 11 is 6.16. The van der Waals surface area contributed by atoms with Crippen LogP contribution in [0.4, 0.5) is 4.39 Å². The fourth-order valence-corrected chi connectivity index (χ4v) is 5.37. The largest absolute Gasteiger partial charge is 0.353 e. The van der Waals surface area contributed by atoms with Gasteiger partial charge in [-0.25, -0.2) is 4.39 Å². The summed E-state index contributed by atoms with van der Waals surface area (Å²) in [5, 5.41) is 1.58. The number of Topliss-reactive ketones (excluding diaryl/α,β-unsaturated/α-hetero) is 1. The second-order valence-corrected chi connectivity index (χ2v) is 10.2. The summed E-state index contributed by atoms with van der Waals surface area (Å²) in [6.07, 6.45) is -1.92. The van der Waals surface area contributed by atoms with Crippen LogP contribution in [0.3, 0.4) is 0 Å². The number of hydrogen-bond acceptors (Lipinski definition) is 3. The van der Waals surface area contributed by atoms with Gasteiger partial charge in [0.05, 0.1) is 17.6 Å². The molecule has 0 aliphatic carbocycles. The molecule has 1 heterocycles. The zero-order valence-electron chi connectivity index (χ0n) is 21.9. The summed E-state index contributed by atoms with van der Waals surface area (Å²) in [6.45, 7) is -0.136. The van der Waals surface area contributed by atoms with Crippen molar-refractivity contribution < 1.29 is 13.9 Å². The van der Waals surface area contributed by atoms with E-state index in [1.54, 1.807) is 54.6 Å². The fourth-order valence-electron chi connectivity index (χ4n) is 5.25. The number of para-hydroxylation sites is 2. The maximum Gasteiger partial charge on any atom is 0.197 e. The van der Waals surface area contributed by atoms with Crippen molar-refractivity contribution in [3.63, 3.8) is 0 Å². The normalized spacial score (nSPS) is 12.8. The van der Waals surface area contributed by atoms with Crippen LogP contribution >= 0.6 is 11.6 Å². The van der Waals surface area contributed by atoms with Crippen molar-refractivity contribution in [2.45, 2.75) is 18.8 Å². The van der Waals surface area contributed by atoms with Gasteiger partial charge in [0.2, 0.25) is 0 Å². The minimum Gasteiger partial charge on any atom is -0.353 e. The first-order valence-corrected chi connectivity index (χ1v) is 13.6. The first-order valence-electron chi connectivity index (χ1n) is 13.2. The molecule has 41 heavy (non-hydrogen) atoms. The lowest BCUT2D eigenvalue weighted by molar-refractivity contribution is -0.134. The van der Waals surface area contributed by atoms with Gasteiger partial charge in [-0.15, -0.1) is 0 Å². The van der Waals surface area contributed by atoms with Crippen LogP contribution in [0.5, 0.6) is 0 Å². The van der Waals surface area contributed by atoms with Crippen LogP contribution in [-0.4, -0.2) is 10.4 Å². The summed E-state index contributed by atoms with van der Waals surface area (Å²) in [4.78, 5) is 27.5. The molecule has 1 aromatic heterocycles. The van der Waals surface area contributed by atoms with Crippen LogP contribution < -0.4 is 5.43 Å². The first-order chi connectivity index (χ1) is 20.0. The average molecular weight is 562 g/mol. The summed E-state index contributed by atoms with van der Waals surface area (Å²) in [6, 6.07) is 37.2. The summed E-state index contributed by atoms with van der Waals surface area (Å²) < 4.78 is 23.7. The highest BCUT2D eigenvalue weighted by Gasteiger charge is 2.30. The van der Waals surface area contributed by atoms with E-state index in [4.69, 9.17) is 16.3 Å². The van der Waals surface area contributed by atoms with Crippen molar-refractivity contribution in [2.24, 2.45) is 0 Å². The van der Waals surface area contributed by atoms with Crippen LogP contribution in [0, 0.1) is 5.82 Å². The Bertz CT molecular complexity index is 1860. The number of ketones is 1. The molecule has 6 aromatic rings. The quantitative estimate of drug-likeness (QED) is 0.177. The van der Waals surface area contributed by atoms with E-state index in [9.17, 15) is 9.59 Å². The molecule has 0 fully saturated rings. The second kappa shape index (κ2) is 11.5. The summed E-state index contributed by atoms with van der Waals surface area (Å²) in [7, 11) is 0. The van der Waals surface area contributed by atoms with Crippen molar-refractivity contribution in [2.75, 3.05) is 0 Å². The van der Waals surface area contributed by atoms with Crippen LogP contribution in [0.1, 0.15) is 28.9 Å². The lowest BCUT2D eigenvalue weighted by Gasteiger charge is -2.26. The summed E-state index contributed by atoms with van der Waals surface area (Å²) in [5.74, 6) is -0.896. The van der Waals surface area contributed by atoms with E-state index >= 15 is 4.39 Å². The number of ether oxygens (including phenoxy) is 1. The van der Waals surface area contributed by atoms with Crippen LogP contribution in [0.25, 0.3) is 21.8 Å². The van der Waals surface area contributed by atoms with Gasteiger partial charge in [-0.2, -0.15) is 0 Å². The molecule has 0 amide bonds. The van der Waals surface area contributed by atoms with Crippen molar-refractivity contribution in [3.8, 4) is 0 Å². The number of pyridine rings is 1. The average Bonchev–Trinajstić information content (AvgIpc) is 3.01. The molecule has 2 atom stereocenters. The van der Waals surface area contributed by atoms with Gasteiger partial charge in [0.15, 0.2) is 11.2 Å². The van der Waals surface area contributed by atoms with E-state index in [-0.39, 0.29) is 23.3 Å². The number of carbonyl (C=O) groups is 1. The molecule has 5 aromatic carbocycles. The second-order valence-electron chi connectivity index (χ2n) is 9.80. The van der Waals surface area contributed by atoms with Gasteiger partial charge in [-0.1, -0.05) is 96.5 Å². The van der Waals surface area contributed by atoms with Crippen LogP contribution in [0.2, 0.25) is 5.02 Å². The molecule has 0 saturated heterocycles. The van der Waals surface area contributed by atoms with Gasteiger partial charge in [-0.05, 0) is 53.6 Å². The Balaban J connectivity index is 1.48. The first kappa shape index (κ1) is 26.6. The molecule has 0 aliphatic rings. The number of fused-ring (bicyclic) bond motifs is 2. The molecule has 202 valence electrons. The van der Waals surface area contributed by atoms with E-state index in [1.807, 2.05) is 71.3 Å². The van der Waals surface area contributed by atoms with Crippen LogP contribution in [0.15, 0.2) is 132 Å². The Morgan fingerprint density at radius 1 is 0.707 bits per heavy atom. The maximum atomic E-state index is 15.3. The lowest BCUT2D eigenvalue weighted by Crippen LogP contribution is -2.25. The molecule has 6 rings (SSSR count). The monoisotopic (exact) mass is 561 g/mol. The van der Waals surface area contributed by atoms with E-state index in [0.29, 0.717) is 26.8 Å². The summed E-state index contributed by atoms with van der Waals surface area (Å²) in [5.41, 5.74) is 2.86. The van der Waals surface area contributed by atoms with Crippen molar-refractivity contribution in [1.29, 1.82) is 0 Å². The minimum absolute atomic E-state index is 0.103. The molecule has 1 unspecified atom stereocenters. The van der Waals surface area contributed by atoms with Gasteiger partial charge in [0, 0.05) is 21.4 Å². The van der Waals surface area contributed by atoms with Gasteiger partial charge in [0.1, 0.15) is 18.0 Å². The molecular formula is C35H25ClFNO3. The fraction of sp³-hybridized carbons (Fsp3) is 0.0857. The van der Waals surface area contributed by atoms with E-state index in [0.717, 1.165) is 11.1 Å². The zero-order valence-corrected chi connectivity index (χ0v) is 22.7. The highest BCUT2D eigenvalue weighted by atomic mass is 35.5. The molecule has 0 aliphatic heterocycles. The van der Waals surface area contributed by atoms with Crippen molar-refractivity contribution in [3.05, 3.63) is 165 Å². The third kappa shape index (κ3) is 5.30. The number of nitrogens with zero attached hydrogens (tertiary/aromatic N) is 1. The molecule has 0 saturated carbocycles. The number of benzene rings is 5. The predicted octanol–water partition coefficient (Wildman–Crippen LogP) is 8.06. The number of aromatic nitrogens is 1. The number of carbonyl (C=O) groups excluding carboxylic acids is 1. The molecule has 0 spiro atoms. The van der Waals surface area contributed by atoms with Gasteiger partial charge in [0.25, 0.3) is 0 Å². The molecule has 4 nitrogen and oxygen atoms in total. The van der Waals surface area contributed by atoms with E-state index < -0.39 is 18.0 Å². The third-order valence-corrected chi connectivity index (χ3v) is 7.47. The van der Waals surface area contributed by atoms with Crippen LogP contribution in [-0.2, 0) is 16.1 Å². The smallest absolute Gasteiger partial charge is 0.197 e. The maximum absolute atomic E-state index is 15.3. The molecule has 6 heteroatoms. The Labute approximate surface area is 241 Å². The standard InChI is InChI=1S/C35H25ClFNO3/c36-25-20-18-24(19-21-25)34(23-10-2-1-3-11-23)41-35(26-12-4-7-15-29(26)37)32(39)22-38-30-16-8-5-13-27(30)33(40)28-14-6-9-17-31(28)38/h1-21,34-35H,22H2/t34-,35?/m1/s1. The topological polar surface area (TPSA) is 48.3 Å². The van der Waals surface area contributed by atoms with E-state index in [2.05, 4.69) is 0 Å². The Hall–Kier alpha value is -4.58. The Morgan fingerprint density at radius 2 is 1.24 bits per heavy atom. The molecule has 0 bridgehead atoms. The number of rotatable bonds is 8. The predicted molar refractivity (Wildman–Crippen MR) is 161 cm³/mol. The van der Waals surface area contributed by atoms with Crippen molar-refractivity contribution in [1.82, 2.24) is 4.57 Å². The van der Waals surface area contributed by atoms with Gasteiger partial charge >= 0.3 is 0 Å². The zero-order chi connectivity index (χ0) is 28.3.